The summed E-state index contributed by atoms with van der Waals surface area (Å²) >= 11 is 1.77. The molecule has 21 heavy (non-hydrogen) atoms. The van der Waals surface area contributed by atoms with Crippen molar-refractivity contribution in [2.75, 3.05) is 38.1 Å². The zero-order valence-corrected chi connectivity index (χ0v) is 13.7. The van der Waals surface area contributed by atoms with Crippen molar-refractivity contribution in [3.8, 4) is 10.4 Å². The number of rotatable bonds is 2. The minimum absolute atomic E-state index is 0. The molecule has 2 aliphatic heterocycles. The maximum atomic E-state index is 4.68. The first kappa shape index (κ1) is 14.8. The van der Waals surface area contributed by atoms with E-state index in [4.69, 9.17) is 0 Å². The average Bonchev–Trinajstić information content (AvgIpc) is 3.13. The number of thiophene rings is 1. The van der Waals surface area contributed by atoms with E-state index in [1.807, 2.05) is 6.20 Å². The van der Waals surface area contributed by atoms with Gasteiger partial charge in [-0.15, -0.1) is 23.7 Å². The molecule has 0 spiro atoms. The number of pyridine rings is 1. The highest BCUT2D eigenvalue weighted by atomic mass is 35.5. The van der Waals surface area contributed by atoms with Crippen molar-refractivity contribution < 1.29 is 0 Å². The van der Waals surface area contributed by atoms with Gasteiger partial charge < -0.3 is 9.80 Å². The van der Waals surface area contributed by atoms with Gasteiger partial charge in [0.05, 0.1) is 0 Å². The number of hydrogen-bond acceptors (Lipinski definition) is 4. The van der Waals surface area contributed by atoms with E-state index >= 15 is 0 Å². The number of likely N-dealkylation sites (tertiary alicyclic amines) is 1. The second kappa shape index (κ2) is 5.95. The third kappa shape index (κ3) is 2.80. The highest BCUT2D eigenvalue weighted by Gasteiger charge is 2.38. The fourth-order valence-electron chi connectivity index (χ4n) is 3.58. The van der Waals surface area contributed by atoms with Crippen LogP contribution in [0.2, 0.25) is 0 Å². The van der Waals surface area contributed by atoms with Crippen molar-refractivity contribution in [3.63, 3.8) is 0 Å². The molecule has 2 fully saturated rings. The van der Waals surface area contributed by atoms with Crippen molar-refractivity contribution in [2.24, 2.45) is 11.8 Å². The third-order valence-electron chi connectivity index (χ3n) is 4.55. The Morgan fingerprint density at radius 3 is 2.43 bits per heavy atom. The minimum atomic E-state index is 0. The number of aromatic nitrogens is 1. The highest BCUT2D eigenvalue weighted by Crippen LogP contribution is 2.33. The number of anilines is 1. The Bertz CT molecular complexity index is 570. The molecule has 0 N–H and O–H groups in total. The Hall–Kier alpha value is -1.10. The molecule has 2 aromatic heterocycles. The first-order chi connectivity index (χ1) is 9.79. The summed E-state index contributed by atoms with van der Waals surface area (Å²) in [5.41, 5.74) is 1.22. The van der Waals surface area contributed by atoms with Crippen LogP contribution in [0.1, 0.15) is 0 Å². The van der Waals surface area contributed by atoms with Gasteiger partial charge in [-0.3, -0.25) is 0 Å². The molecule has 0 aromatic carbocycles. The number of nitrogens with zero attached hydrogens (tertiary/aromatic N) is 3. The first-order valence-electron chi connectivity index (χ1n) is 7.23. The second-order valence-corrected chi connectivity index (χ2v) is 6.98. The Kier molecular flexibility index (Phi) is 4.20. The largest absolute Gasteiger partial charge is 0.356 e. The normalized spacial score (nSPS) is 24.9. The van der Waals surface area contributed by atoms with Crippen molar-refractivity contribution >= 4 is 29.6 Å². The zero-order chi connectivity index (χ0) is 13.5. The van der Waals surface area contributed by atoms with Crippen LogP contribution in [0.3, 0.4) is 0 Å². The van der Waals surface area contributed by atoms with Crippen molar-refractivity contribution in [1.29, 1.82) is 0 Å². The molecule has 2 aliphatic rings. The molecular formula is C16H20ClN3S. The number of hydrogen-bond donors (Lipinski definition) is 0. The number of fused-ring (bicyclic) bond motifs is 1. The van der Waals surface area contributed by atoms with Gasteiger partial charge in [0.25, 0.3) is 0 Å². The lowest BCUT2D eigenvalue weighted by Gasteiger charge is -2.20. The van der Waals surface area contributed by atoms with Crippen LogP contribution in [0.15, 0.2) is 35.8 Å². The molecule has 4 rings (SSSR count). The van der Waals surface area contributed by atoms with Crippen LogP contribution in [0.25, 0.3) is 10.4 Å². The standard InChI is InChI=1S/C16H19N3S.ClH/c1-18-8-13-10-19(11-14(13)9-18)16-5-4-12(7-17-16)15-3-2-6-20-15;/h2-7,13-14H,8-11H2,1H3;1H. The fourth-order valence-corrected chi connectivity index (χ4v) is 4.29. The third-order valence-corrected chi connectivity index (χ3v) is 5.47. The van der Waals surface area contributed by atoms with Gasteiger partial charge in [0, 0.05) is 42.8 Å². The molecule has 3 nitrogen and oxygen atoms in total. The Morgan fingerprint density at radius 1 is 1.10 bits per heavy atom. The average molecular weight is 322 g/mol. The van der Waals surface area contributed by atoms with E-state index in [-0.39, 0.29) is 12.4 Å². The quantitative estimate of drug-likeness (QED) is 0.846. The maximum absolute atomic E-state index is 4.68. The van der Waals surface area contributed by atoms with Crippen LogP contribution in [0.5, 0.6) is 0 Å². The summed E-state index contributed by atoms with van der Waals surface area (Å²) in [6.07, 6.45) is 2.02. The molecule has 0 radical (unpaired) electrons. The van der Waals surface area contributed by atoms with Crippen LogP contribution >= 0.6 is 23.7 Å². The highest BCUT2D eigenvalue weighted by molar-refractivity contribution is 7.13. The van der Waals surface area contributed by atoms with E-state index in [0.29, 0.717) is 0 Å². The van der Waals surface area contributed by atoms with Gasteiger partial charge in [-0.25, -0.2) is 4.98 Å². The first-order valence-corrected chi connectivity index (χ1v) is 8.11. The maximum Gasteiger partial charge on any atom is 0.128 e. The minimum Gasteiger partial charge on any atom is -0.356 e. The fraction of sp³-hybridized carbons (Fsp3) is 0.438. The predicted octanol–water partition coefficient (Wildman–Crippen LogP) is 3.23. The van der Waals surface area contributed by atoms with Gasteiger partial charge in [-0.2, -0.15) is 0 Å². The van der Waals surface area contributed by atoms with Gasteiger partial charge in [-0.1, -0.05) is 6.07 Å². The predicted molar refractivity (Wildman–Crippen MR) is 91.5 cm³/mol. The van der Waals surface area contributed by atoms with Gasteiger partial charge in [0.15, 0.2) is 0 Å². The molecule has 0 amide bonds. The van der Waals surface area contributed by atoms with E-state index in [1.165, 1.54) is 36.6 Å². The molecule has 0 aliphatic carbocycles. The lowest BCUT2D eigenvalue weighted by atomic mass is 10.0. The van der Waals surface area contributed by atoms with Crippen molar-refractivity contribution in [3.05, 3.63) is 35.8 Å². The molecule has 5 heteroatoms. The topological polar surface area (TPSA) is 19.4 Å². The smallest absolute Gasteiger partial charge is 0.128 e. The summed E-state index contributed by atoms with van der Waals surface area (Å²) in [4.78, 5) is 10.9. The Labute approximate surface area is 136 Å². The van der Waals surface area contributed by atoms with E-state index in [9.17, 15) is 0 Å². The summed E-state index contributed by atoms with van der Waals surface area (Å²) < 4.78 is 0. The molecular weight excluding hydrogens is 302 g/mol. The molecule has 2 saturated heterocycles. The summed E-state index contributed by atoms with van der Waals surface area (Å²) in [6, 6.07) is 8.62. The molecule has 2 aromatic rings. The molecule has 112 valence electrons. The van der Waals surface area contributed by atoms with Crippen LogP contribution in [0.4, 0.5) is 5.82 Å². The summed E-state index contributed by atoms with van der Waals surface area (Å²) in [7, 11) is 2.23. The summed E-state index contributed by atoms with van der Waals surface area (Å²) in [5, 5.41) is 2.11. The van der Waals surface area contributed by atoms with Gasteiger partial charge in [0.1, 0.15) is 5.82 Å². The Morgan fingerprint density at radius 2 is 1.86 bits per heavy atom. The molecule has 4 heterocycles. The summed E-state index contributed by atoms with van der Waals surface area (Å²) in [6.45, 7) is 4.82. The molecule has 0 saturated carbocycles. The van der Waals surface area contributed by atoms with E-state index in [2.05, 4.69) is 51.5 Å². The van der Waals surface area contributed by atoms with Crippen LogP contribution in [0, 0.1) is 11.8 Å². The number of halogens is 1. The SMILES string of the molecule is CN1CC2CN(c3ccc(-c4cccs4)cn3)CC2C1.Cl. The lowest BCUT2D eigenvalue weighted by molar-refractivity contribution is 0.387. The van der Waals surface area contributed by atoms with E-state index < -0.39 is 0 Å². The van der Waals surface area contributed by atoms with Crippen molar-refractivity contribution in [1.82, 2.24) is 9.88 Å². The zero-order valence-electron chi connectivity index (χ0n) is 12.1. The Balaban J connectivity index is 0.00000132. The van der Waals surface area contributed by atoms with E-state index in [0.717, 1.165) is 17.7 Å². The molecule has 0 bridgehead atoms. The summed E-state index contributed by atoms with van der Waals surface area (Å²) in [5.74, 6) is 2.81. The molecule has 2 atom stereocenters. The second-order valence-electron chi connectivity index (χ2n) is 6.03. The van der Waals surface area contributed by atoms with E-state index in [1.54, 1.807) is 11.3 Å². The van der Waals surface area contributed by atoms with Gasteiger partial charge >= 0.3 is 0 Å². The lowest BCUT2D eigenvalue weighted by Crippen LogP contribution is -2.27. The van der Waals surface area contributed by atoms with Crippen LogP contribution < -0.4 is 4.90 Å². The van der Waals surface area contributed by atoms with Gasteiger partial charge in [-0.05, 0) is 42.5 Å². The van der Waals surface area contributed by atoms with Crippen LogP contribution in [-0.4, -0.2) is 43.1 Å². The van der Waals surface area contributed by atoms with Gasteiger partial charge in [0.2, 0.25) is 0 Å². The van der Waals surface area contributed by atoms with Crippen molar-refractivity contribution in [2.45, 2.75) is 0 Å². The molecule has 2 unspecified atom stereocenters. The monoisotopic (exact) mass is 321 g/mol. The van der Waals surface area contributed by atoms with Crippen LogP contribution in [-0.2, 0) is 0 Å².